The van der Waals surface area contributed by atoms with Crippen LogP contribution in [0.5, 0.6) is 0 Å². The Kier molecular flexibility index (Phi) is 5.67. The molecule has 0 radical (unpaired) electrons. The monoisotopic (exact) mass is 448 g/mol. The van der Waals surface area contributed by atoms with Gasteiger partial charge in [-0.1, -0.05) is 35.9 Å². The Morgan fingerprint density at radius 3 is 2.50 bits per heavy atom. The van der Waals surface area contributed by atoms with Gasteiger partial charge >= 0.3 is 0 Å². The summed E-state index contributed by atoms with van der Waals surface area (Å²) in [6, 6.07) is 11.4. The van der Waals surface area contributed by atoms with Crippen molar-refractivity contribution < 1.29 is 9.59 Å². The third-order valence-electron chi connectivity index (χ3n) is 5.99. The molecule has 0 unspecified atom stereocenters. The van der Waals surface area contributed by atoms with Crippen molar-refractivity contribution in [2.75, 3.05) is 13.1 Å². The summed E-state index contributed by atoms with van der Waals surface area (Å²) < 4.78 is 0. The van der Waals surface area contributed by atoms with Crippen LogP contribution in [-0.4, -0.2) is 49.6 Å². The Bertz CT molecular complexity index is 1440. The summed E-state index contributed by atoms with van der Waals surface area (Å²) in [5.74, 6) is -1.16. The van der Waals surface area contributed by atoms with E-state index >= 15 is 0 Å². The Balaban J connectivity index is 1.36. The smallest absolute Gasteiger partial charge is 0.295 e. The number of Topliss-reactive ketones (excluding diaryl/α,β-unsaturated/α-hetero) is 1. The summed E-state index contributed by atoms with van der Waals surface area (Å²) in [6.07, 6.45) is 9.06. The fourth-order valence-corrected chi connectivity index (χ4v) is 4.27. The van der Waals surface area contributed by atoms with Gasteiger partial charge in [0, 0.05) is 43.4 Å². The van der Waals surface area contributed by atoms with E-state index in [4.69, 9.17) is 6.57 Å². The van der Waals surface area contributed by atoms with Crippen LogP contribution in [0.2, 0.25) is 0 Å². The van der Waals surface area contributed by atoms with Crippen molar-refractivity contribution >= 4 is 28.4 Å². The van der Waals surface area contributed by atoms with E-state index in [1.54, 1.807) is 35.8 Å². The third kappa shape index (κ3) is 3.84. The molecule has 8 heteroatoms. The highest BCUT2D eigenvalue weighted by atomic mass is 16.2. The molecule has 166 valence electrons. The van der Waals surface area contributed by atoms with Crippen LogP contribution >= 0.6 is 0 Å². The first-order valence-electron chi connectivity index (χ1n) is 10.9. The maximum atomic E-state index is 13.1. The zero-order valence-corrected chi connectivity index (χ0v) is 18.2. The van der Waals surface area contributed by atoms with Gasteiger partial charge in [0.25, 0.3) is 11.7 Å². The van der Waals surface area contributed by atoms with E-state index in [2.05, 4.69) is 24.8 Å². The number of pyridine rings is 1. The Morgan fingerprint density at radius 2 is 1.79 bits per heavy atom. The summed E-state index contributed by atoms with van der Waals surface area (Å²) in [5.41, 5.74) is 5.23. The van der Waals surface area contributed by atoms with E-state index in [1.807, 2.05) is 30.3 Å². The van der Waals surface area contributed by atoms with Gasteiger partial charge in [0.2, 0.25) is 0 Å². The molecule has 1 aliphatic heterocycles. The quantitative estimate of drug-likeness (QED) is 0.287. The second-order valence-electron chi connectivity index (χ2n) is 7.93. The van der Waals surface area contributed by atoms with Crippen LogP contribution in [0.1, 0.15) is 28.8 Å². The average molecular weight is 448 g/mol. The van der Waals surface area contributed by atoms with Crippen molar-refractivity contribution in [2.45, 2.75) is 12.8 Å². The van der Waals surface area contributed by atoms with Gasteiger partial charge in [-0.3, -0.25) is 24.5 Å². The van der Waals surface area contributed by atoms with Crippen molar-refractivity contribution in [3.8, 4) is 11.3 Å². The van der Waals surface area contributed by atoms with Gasteiger partial charge in [-0.2, -0.15) is 0 Å². The predicted octanol–water partition coefficient (Wildman–Crippen LogP) is 4.16. The number of carbonyl (C=O) groups excluding carboxylic acids is 2. The lowest BCUT2D eigenvalue weighted by molar-refractivity contribution is -0.126. The molecule has 1 amide bonds. The largest absolute Gasteiger partial charge is 0.359 e. The second-order valence-corrected chi connectivity index (χ2v) is 7.93. The lowest BCUT2D eigenvalue weighted by Gasteiger charge is -2.28. The van der Waals surface area contributed by atoms with Crippen molar-refractivity contribution in [2.24, 2.45) is 0 Å². The van der Waals surface area contributed by atoms with Crippen molar-refractivity contribution in [3.63, 3.8) is 0 Å². The minimum Gasteiger partial charge on any atom is -0.359 e. The highest BCUT2D eigenvalue weighted by molar-refractivity contribution is 6.44. The van der Waals surface area contributed by atoms with Crippen LogP contribution in [0.4, 0.5) is 0 Å². The first-order chi connectivity index (χ1) is 16.7. The molecule has 1 fully saturated rings. The van der Waals surface area contributed by atoms with E-state index in [1.165, 1.54) is 6.20 Å². The highest BCUT2D eigenvalue weighted by Crippen LogP contribution is 2.29. The highest BCUT2D eigenvalue weighted by Gasteiger charge is 2.29. The van der Waals surface area contributed by atoms with Crippen LogP contribution in [-0.2, 0) is 4.79 Å². The molecule has 0 spiro atoms. The summed E-state index contributed by atoms with van der Waals surface area (Å²) >= 11 is 0. The van der Waals surface area contributed by atoms with E-state index in [0.29, 0.717) is 48.4 Å². The number of rotatable bonds is 4. The first kappa shape index (κ1) is 21.2. The molecule has 1 aliphatic rings. The molecule has 4 heterocycles. The number of piperidine rings is 1. The lowest BCUT2D eigenvalue weighted by Crippen LogP contribution is -2.40. The van der Waals surface area contributed by atoms with Crippen LogP contribution < -0.4 is 0 Å². The number of aromatic nitrogens is 4. The number of hydrogen-bond donors (Lipinski definition) is 1. The van der Waals surface area contributed by atoms with Crippen LogP contribution in [0, 0.1) is 6.57 Å². The van der Waals surface area contributed by atoms with Gasteiger partial charge in [0.1, 0.15) is 0 Å². The Labute approximate surface area is 195 Å². The predicted molar refractivity (Wildman–Crippen MR) is 127 cm³/mol. The van der Waals surface area contributed by atoms with Gasteiger partial charge in [-0.05, 0) is 24.5 Å². The molecule has 1 N–H and O–H groups in total. The average Bonchev–Trinajstić information content (AvgIpc) is 3.34. The van der Waals surface area contributed by atoms with E-state index < -0.39 is 11.7 Å². The molecular weight excluding hydrogens is 428 g/mol. The summed E-state index contributed by atoms with van der Waals surface area (Å²) in [7, 11) is 0. The fourth-order valence-electron chi connectivity index (χ4n) is 4.27. The number of ketones is 1. The van der Waals surface area contributed by atoms with E-state index in [0.717, 1.165) is 16.7 Å². The lowest BCUT2D eigenvalue weighted by atomic mass is 9.97. The molecule has 8 nitrogen and oxygen atoms in total. The number of fused-ring (bicyclic) bond motifs is 1. The number of hydrogen-bond acceptors (Lipinski definition) is 5. The van der Waals surface area contributed by atoms with E-state index in [-0.39, 0.29) is 5.56 Å². The van der Waals surface area contributed by atoms with Gasteiger partial charge in [0.15, 0.2) is 5.70 Å². The van der Waals surface area contributed by atoms with Gasteiger partial charge in [-0.25, -0.2) is 4.85 Å². The van der Waals surface area contributed by atoms with E-state index in [9.17, 15) is 9.59 Å². The molecule has 0 saturated carbocycles. The summed E-state index contributed by atoms with van der Waals surface area (Å²) in [6.45, 7) is 8.39. The fraction of sp³-hybridized carbons (Fsp3) is 0.154. The maximum absolute atomic E-state index is 13.1. The molecule has 0 bridgehead atoms. The summed E-state index contributed by atoms with van der Waals surface area (Å²) in [5, 5.41) is 0. The van der Waals surface area contributed by atoms with Crippen molar-refractivity contribution in [3.05, 3.63) is 95.5 Å². The maximum Gasteiger partial charge on any atom is 0.295 e. The first-order valence-corrected chi connectivity index (χ1v) is 10.9. The molecule has 3 aromatic heterocycles. The number of H-pyrrole nitrogens is 1. The van der Waals surface area contributed by atoms with Crippen LogP contribution in [0.3, 0.4) is 0 Å². The Hall–Kier alpha value is -4.64. The molecule has 5 rings (SSSR count). The minimum absolute atomic E-state index is 0.234. The number of likely N-dealkylation sites (tertiary alicyclic amines) is 1. The molecular formula is C26H20N6O2. The third-order valence-corrected chi connectivity index (χ3v) is 5.99. The normalized spacial score (nSPS) is 13.5. The molecule has 0 atom stereocenters. The van der Waals surface area contributed by atoms with Gasteiger partial charge < -0.3 is 9.88 Å². The SMILES string of the molecule is [C-]#[N+]C(=C1CCN(C(=O)C(=O)c2c[nH]c3c(-c4cnccn4)ccnc23)CC1)c1ccccc1. The summed E-state index contributed by atoms with van der Waals surface area (Å²) in [4.78, 5) is 47.3. The number of nitrogens with one attached hydrogen (secondary N) is 1. The topological polar surface area (TPSA) is 96.2 Å². The molecule has 4 aromatic rings. The van der Waals surface area contributed by atoms with Crippen LogP contribution in [0.15, 0.2) is 73.0 Å². The number of nitrogens with zero attached hydrogens (tertiary/aromatic N) is 5. The number of carbonyl (C=O) groups is 2. The number of aromatic amines is 1. The molecule has 1 saturated heterocycles. The zero-order valence-electron chi connectivity index (χ0n) is 18.2. The zero-order chi connectivity index (χ0) is 23.5. The molecule has 1 aromatic carbocycles. The molecule has 34 heavy (non-hydrogen) atoms. The standard InChI is InChI=1S/C26H20N6O2/c1-27-22(17-5-3-2-4-6-17)18-8-13-32(14-9-18)26(34)25(33)20-15-31-23-19(7-10-30-24(20)23)21-16-28-11-12-29-21/h2-7,10-12,15-16,31H,8-9,13-14H2. The van der Waals surface area contributed by atoms with Crippen molar-refractivity contribution in [1.82, 2.24) is 24.8 Å². The second kappa shape index (κ2) is 9.08. The minimum atomic E-state index is -0.601. The number of amides is 1. The van der Waals surface area contributed by atoms with Gasteiger partial charge in [-0.15, -0.1) is 0 Å². The number of benzene rings is 1. The van der Waals surface area contributed by atoms with Crippen LogP contribution in [0.25, 0.3) is 32.8 Å². The Morgan fingerprint density at radius 1 is 1.00 bits per heavy atom. The van der Waals surface area contributed by atoms with Gasteiger partial charge in [0.05, 0.1) is 35.1 Å². The molecule has 0 aliphatic carbocycles. The van der Waals surface area contributed by atoms with Crippen molar-refractivity contribution in [1.29, 1.82) is 0 Å².